The van der Waals surface area contributed by atoms with Crippen molar-refractivity contribution in [1.29, 1.82) is 0 Å². The Morgan fingerprint density at radius 1 is 0.596 bits per heavy atom. The number of amides is 1. The number of rotatable bonds is 32. The van der Waals surface area contributed by atoms with Gasteiger partial charge in [0, 0.05) is 6.42 Å². The van der Waals surface area contributed by atoms with Crippen molar-refractivity contribution in [3.05, 3.63) is 72.9 Å². The zero-order valence-electron chi connectivity index (χ0n) is 29.9. The van der Waals surface area contributed by atoms with E-state index in [1.165, 1.54) is 57.4 Å². The molecule has 0 saturated heterocycles. The summed E-state index contributed by atoms with van der Waals surface area (Å²) in [6.07, 6.45) is 47.4. The molecule has 0 spiro atoms. The largest absolute Gasteiger partial charge is 0.387 e. The summed E-state index contributed by atoms with van der Waals surface area (Å²) >= 11 is 0. The van der Waals surface area contributed by atoms with Crippen LogP contribution in [0.3, 0.4) is 0 Å². The molecule has 0 radical (unpaired) electrons. The molecular formula is C40H69NO5S. The zero-order chi connectivity index (χ0) is 34.7. The van der Waals surface area contributed by atoms with Crippen molar-refractivity contribution in [2.45, 2.75) is 167 Å². The standard InChI is InChI=1S/C40H69NO5S/c1-3-5-7-9-11-13-15-17-19-20-22-24-26-28-30-32-34-36-40(43)41-38(37-47(44,45)46)39(42)35-33-31-29-27-25-23-21-18-16-14-12-10-8-6-4-2/h5,7,11,13,16-19,25,27,33,35,38-39,42H,3-4,6,8-10,12,14-15,20-24,26,28-32,34,36-37H2,1-2H3,(H,41,43)(H,44,45,46)/b7-5-,13-11-,18-16+,19-17-,27-25+,35-33+. The number of nitrogens with one attached hydrogen (secondary N) is 1. The monoisotopic (exact) mass is 675 g/mol. The first-order valence-corrected chi connectivity index (χ1v) is 20.2. The second-order valence-electron chi connectivity index (χ2n) is 12.4. The average Bonchev–Trinajstić information content (AvgIpc) is 3.03. The maximum Gasteiger partial charge on any atom is 0.267 e. The third kappa shape index (κ3) is 34.9. The van der Waals surface area contributed by atoms with Gasteiger partial charge >= 0.3 is 0 Å². The fourth-order valence-electron chi connectivity index (χ4n) is 5.08. The minimum Gasteiger partial charge on any atom is -0.387 e. The second kappa shape index (κ2) is 33.7. The van der Waals surface area contributed by atoms with E-state index < -0.39 is 28.0 Å². The molecule has 270 valence electrons. The van der Waals surface area contributed by atoms with Gasteiger partial charge in [0.05, 0.1) is 17.9 Å². The Morgan fingerprint density at radius 2 is 1.04 bits per heavy atom. The lowest BCUT2D eigenvalue weighted by Gasteiger charge is -2.21. The number of allylic oxidation sites excluding steroid dienone is 11. The molecule has 0 aliphatic heterocycles. The van der Waals surface area contributed by atoms with Gasteiger partial charge in [-0.2, -0.15) is 8.42 Å². The summed E-state index contributed by atoms with van der Waals surface area (Å²) < 4.78 is 32.4. The van der Waals surface area contributed by atoms with Crippen LogP contribution in [0, 0.1) is 0 Å². The quantitative estimate of drug-likeness (QED) is 0.0374. The zero-order valence-corrected chi connectivity index (χ0v) is 30.7. The lowest BCUT2D eigenvalue weighted by molar-refractivity contribution is -0.122. The average molecular weight is 676 g/mol. The summed E-state index contributed by atoms with van der Waals surface area (Å²) in [4.78, 5) is 12.5. The molecule has 0 aliphatic carbocycles. The van der Waals surface area contributed by atoms with Crippen molar-refractivity contribution in [1.82, 2.24) is 5.32 Å². The molecule has 0 heterocycles. The van der Waals surface area contributed by atoms with Crippen LogP contribution in [-0.2, 0) is 14.9 Å². The van der Waals surface area contributed by atoms with Gasteiger partial charge in [-0.15, -0.1) is 0 Å². The Labute approximate surface area is 289 Å². The summed E-state index contributed by atoms with van der Waals surface area (Å²) in [6, 6.07) is -1.09. The minimum absolute atomic E-state index is 0.269. The Morgan fingerprint density at radius 3 is 1.60 bits per heavy atom. The molecule has 3 N–H and O–H groups in total. The molecule has 0 aromatic rings. The summed E-state index contributed by atoms with van der Waals surface area (Å²) in [6.45, 7) is 4.38. The van der Waals surface area contributed by atoms with Crippen LogP contribution in [0.25, 0.3) is 0 Å². The van der Waals surface area contributed by atoms with Crippen LogP contribution in [0.2, 0.25) is 0 Å². The van der Waals surface area contributed by atoms with E-state index in [1.54, 1.807) is 6.08 Å². The predicted octanol–water partition coefficient (Wildman–Crippen LogP) is 10.7. The third-order valence-electron chi connectivity index (χ3n) is 7.84. The number of carbonyl (C=O) groups excluding carboxylic acids is 1. The van der Waals surface area contributed by atoms with E-state index in [-0.39, 0.29) is 12.3 Å². The maximum atomic E-state index is 12.5. The van der Waals surface area contributed by atoms with Crippen molar-refractivity contribution in [3.63, 3.8) is 0 Å². The molecule has 1 amide bonds. The molecular weight excluding hydrogens is 607 g/mol. The van der Waals surface area contributed by atoms with Crippen molar-refractivity contribution in [2.24, 2.45) is 0 Å². The van der Waals surface area contributed by atoms with E-state index in [2.05, 4.69) is 79.9 Å². The molecule has 2 unspecified atom stereocenters. The number of hydrogen-bond acceptors (Lipinski definition) is 4. The normalized spacial score (nSPS) is 14.2. The van der Waals surface area contributed by atoms with Crippen molar-refractivity contribution in [3.8, 4) is 0 Å². The lowest BCUT2D eigenvalue weighted by Crippen LogP contribution is -2.46. The van der Waals surface area contributed by atoms with Crippen LogP contribution < -0.4 is 5.32 Å². The topological polar surface area (TPSA) is 104 Å². The fraction of sp³-hybridized carbons (Fsp3) is 0.675. The summed E-state index contributed by atoms with van der Waals surface area (Å²) in [5.74, 6) is -1.03. The Bertz CT molecular complexity index is 1010. The van der Waals surface area contributed by atoms with Crippen molar-refractivity contribution < 1.29 is 22.9 Å². The molecule has 0 bridgehead atoms. The minimum atomic E-state index is -4.36. The summed E-state index contributed by atoms with van der Waals surface area (Å²) in [5.41, 5.74) is 0. The van der Waals surface area contributed by atoms with E-state index >= 15 is 0 Å². The highest BCUT2D eigenvalue weighted by Gasteiger charge is 2.24. The van der Waals surface area contributed by atoms with E-state index in [4.69, 9.17) is 0 Å². The second-order valence-corrected chi connectivity index (χ2v) is 13.9. The number of aliphatic hydroxyl groups excluding tert-OH is 1. The molecule has 0 saturated carbocycles. The van der Waals surface area contributed by atoms with Crippen LogP contribution in [0.15, 0.2) is 72.9 Å². The highest BCUT2D eigenvalue weighted by atomic mass is 32.2. The predicted molar refractivity (Wildman–Crippen MR) is 202 cm³/mol. The molecule has 7 heteroatoms. The molecule has 0 aromatic heterocycles. The van der Waals surface area contributed by atoms with Gasteiger partial charge in [-0.25, -0.2) is 0 Å². The molecule has 0 aliphatic rings. The molecule has 47 heavy (non-hydrogen) atoms. The smallest absolute Gasteiger partial charge is 0.267 e. The fourth-order valence-corrected chi connectivity index (χ4v) is 5.82. The lowest BCUT2D eigenvalue weighted by atomic mass is 10.1. The van der Waals surface area contributed by atoms with Crippen LogP contribution in [-0.4, -0.2) is 41.9 Å². The van der Waals surface area contributed by atoms with E-state index in [0.29, 0.717) is 12.8 Å². The first-order valence-electron chi connectivity index (χ1n) is 18.6. The Balaban J connectivity index is 4.09. The maximum absolute atomic E-state index is 12.5. The molecule has 6 nitrogen and oxygen atoms in total. The van der Waals surface area contributed by atoms with Crippen molar-refractivity contribution >= 4 is 16.0 Å². The van der Waals surface area contributed by atoms with Gasteiger partial charge in [-0.05, 0) is 77.0 Å². The van der Waals surface area contributed by atoms with Gasteiger partial charge in [-0.3, -0.25) is 9.35 Å². The molecule has 0 aromatic carbocycles. The first kappa shape index (κ1) is 44.8. The van der Waals surface area contributed by atoms with Gasteiger partial charge in [0.25, 0.3) is 10.1 Å². The number of unbranched alkanes of at least 4 members (excludes halogenated alkanes) is 14. The first-order chi connectivity index (χ1) is 22.8. The van der Waals surface area contributed by atoms with Gasteiger partial charge in [0.1, 0.15) is 0 Å². The van der Waals surface area contributed by atoms with Gasteiger partial charge in [0.15, 0.2) is 0 Å². The van der Waals surface area contributed by atoms with Crippen LogP contribution >= 0.6 is 0 Å². The van der Waals surface area contributed by atoms with E-state index in [1.807, 2.05) is 0 Å². The van der Waals surface area contributed by atoms with Gasteiger partial charge in [0.2, 0.25) is 5.91 Å². The SMILES string of the molecule is CC/C=C\C/C=C\C/C=C\CCCCCCCCCC(=O)NC(CS(=O)(=O)O)C(O)/C=C/CC/C=C/CC/C=C/CCCCCCC. The Kier molecular flexibility index (Phi) is 32.1. The molecule has 0 fully saturated rings. The number of aliphatic hydroxyl groups is 1. The summed E-state index contributed by atoms with van der Waals surface area (Å²) in [5, 5.41) is 13.2. The summed E-state index contributed by atoms with van der Waals surface area (Å²) in [7, 11) is -4.36. The van der Waals surface area contributed by atoms with Crippen LogP contribution in [0.5, 0.6) is 0 Å². The highest BCUT2D eigenvalue weighted by Crippen LogP contribution is 2.11. The van der Waals surface area contributed by atoms with Gasteiger partial charge in [-0.1, -0.05) is 145 Å². The van der Waals surface area contributed by atoms with Crippen molar-refractivity contribution in [2.75, 3.05) is 5.75 Å². The van der Waals surface area contributed by atoms with Crippen LogP contribution in [0.1, 0.15) is 155 Å². The van der Waals surface area contributed by atoms with E-state index in [0.717, 1.165) is 70.6 Å². The van der Waals surface area contributed by atoms with Crippen LogP contribution in [0.4, 0.5) is 0 Å². The van der Waals surface area contributed by atoms with Gasteiger partial charge < -0.3 is 10.4 Å². The third-order valence-corrected chi connectivity index (χ3v) is 8.62. The number of hydrogen-bond donors (Lipinski definition) is 3. The van der Waals surface area contributed by atoms with E-state index in [9.17, 15) is 22.9 Å². The molecule has 0 rings (SSSR count). The molecule has 2 atom stereocenters. The number of carbonyl (C=O) groups is 1. The highest BCUT2D eigenvalue weighted by molar-refractivity contribution is 7.85. The Hall–Kier alpha value is -2.22.